The van der Waals surface area contributed by atoms with Gasteiger partial charge in [-0.05, 0) is 99.0 Å². The van der Waals surface area contributed by atoms with Crippen LogP contribution in [0, 0.1) is 11.8 Å². The Morgan fingerprint density at radius 3 is 2.10 bits per heavy atom. The molecule has 4 aliphatic rings. The van der Waals surface area contributed by atoms with Crippen molar-refractivity contribution < 1.29 is 14.3 Å². The standard InChI is InChI=1S/C36H45N5O3.C6H12.CH5N/c1-24(2)32-14-15-33(39-38-32)26-10-12-31(13-11-26)44-34-21-27(8-9-28(34)23-41-22-25(3)20-35(41)42)36(43)37-29-16-18-40(19-17-29)30-6-4-5-7-30;1-6-4-2-3-5-6;1-2/h8-15,21,24-25,29-30H,4-7,16-20,22-23H2,1-3H3,(H,37,43);6H,2-5H2,1H3;2H2,1H3/t25-;;/m0../s1. The van der Waals surface area contributed by atoms with Crippen LogP contribution in [-0.2, 0) is 11.3 Å². The van der Waals surface area contributed by atoms with Crippen molar-refractivity contribution in [3.05, 3.63) is 71.4 Å². The van der Waals surface area contributed by atoms with Gasteiger partial charge in [-0.15, -0.1) is 0 Å². The molecule has 2 amide bonds. The zero-order valence-electron chi connectivity index (χ0n) is 32.3. The van der Waals surface area contributed by atoms with Crippen molar-refractivity contribution in [1.29, 1.82) is 0 Å². The second kappa shape index (κ2) is 19.3. The Kier molecular flexibility index (Phi) is 14.6. The first-order valence-corrected chi connectivity index (χ1v) is 19.9. The summed E-state index contributed by atoms with van der Waals surface area (Å²) >= 11 is 0. The predicted molar refractivity (Wildman–Crippen MR) is 209 cm³/mol. The minimum Gasteiger partial charge on any atom is -0.457 e. The topological polar surface area (TPSA) is 114 Å². The van der Waals surface area contributed by atoms with Crippen LogP contribution >= 0.6 is 0 Å². The average molecular weight is 711 g/mol. The molecular weight excluding hydrogens is 649 g/mol. The summed E-state index contributed by atoms with van der Waals surface area (Å²) < 4.78 is 6.41. The van der Waals surface area contributed by atoms with Gasteiger partial charge in [0.2, 0.25) is 5.91 Å². The molecule has 0 bridgehead atoms. The van der Waals surface area contributed by atoms with Gasteiger partial charge < -0.3 is 25.6 Å². The van der Waals surface area contributed by atoms with Crippen LogP contribution in [0.3, 0.4) is 0 Å². The number of benzene rings is 2. The van der Waals surface area contributed by atoms with E-state index in [4.69, 9.17) is 4.74 Å². The maximum absolute atomic E-state index is 13.4. The number of hydrogen-bond acceptors (Lipinski definition) is 7. The zero-order valence-corrected chi connectivity index (χ0v) is 32.3. The summed E-state index contributed by atoms with van der Waals surface area (Å²) in [5.74, 6) is 3.03. The molecule has 52 heavy (non-hydrogen) atoms. The molecular formula is C43H62N6O3. The summed E-state index contributed by atoms with van der Waals surface area (Å²) in [5.41, 5.74) is 8.67. The van der Waals surface area contributed by atoms with Gasteiger partial charge in [0.05, 0.1) is 11.4 Å². The lowest BCUT2D eigenvalue weighted by atomic mass is 10.0. The molecule has 2 aliphatic carbocycles. The summed E-state index contributed by atoms with van der Waals surface area (Å²) in [6, 6.07) is 18.3. The van der Waals surface area contributed by atoms with Gasteiger partial charge in [0.1, 0.15) is 11.5 Å². The Bertz CT molecular complexity index is 1560. The number of carbonyl (C=O) groups excluding carboxylic acids is 2. The number of piperidine rings is 1. The number of amides is 2. The van der Waals surface area contributed by atoms with E-state index < -0.39 is 0 Å². The average Bonchev–Trinajstić information content (AvgIpc) is 3.94. The van der Waals surface area contributed by atoms with Crippen molar-refractivity contribution >= 4 is 11.8 Å². The Balaban J connectivity index is 0.000000586. The smallest absolute Gasteiger partial charge is 0.251 e. The molecule has 1 aromatic heterocycles. The van der Waals surface area contributed by atoms with Gasteiger partial charge in [0.25, 0.3) is 5.91 Å². The van der Waals surface area contributed by atoms with Gasteiger partial charge in [-0.2, -0.15) is 10.2 Å². The van der Waals surface area contributed by atoms with Crippen molar-refractivity contribution in [2.24, 2.45) is 17.6 Å². The largest absolute Gasteiger partial charge is 0.457 e. The lowest BCUT2D eigenvalue weighted by Gasteiger charge is -2.36. The van der Waals surface area contributed by atoms with Gasteiger partial charge in [0.15, 0.2) is 0 Å². The molecule has 0 radical (unpaired) electrons. The van der Waals surface area contributed by atoms with Crippen molar-refractivity contribution in [2.75, 3.05) is 26.7 Å². The second-order valence-electron chi connectivity index (χ2n) is 15.6. The molecule has 2 aliphatic heterocycles. The van der Waals surface area contributed by atoms with E-state index in [-0.39, 0.29) is 17.9 Å². The van der Waals surface area contributed by atoms with Crippen molar-refractivity contribution in [3.63, 3.8) is 0 Å². The fraction of sp³-hybridized carbons (Fsp3) is 0.581. The predicted octanol–water partition coefficient (Wildman–Crippen LogP) is 8.34. The van der Waals surface area contributed by atoms with Crippen LogP contribution in [0.25, 0.3) is 11.3 Å². The van der Waals surface area contributed by atoms with Gasteiger partial charge in [0, 0.05) is 61.4 Å². The van der Waals surface area contributed by atoms with E-state index in [1.165, 1.54) is 58.4 Å². The molecule has 282 valence electrons. The molecule has 2 aromatic carbocycles. The summed E-state index contributed by atoms with van der Waals surface area (Å²) in [6.45, 7) is 11.9. The van der Waals surface area contributed by atoms with Crippen molar-refractivity contribution in [3.8, 4) is 22.8 Å². The number of nitrogens with zero attached hydrogens (tertiary/aromatic N) is 4. The number of likely N-dealkylation sites (tertiary alicyclic amines) is 2. The van der Waals surface area contributed by atoms with E-state index in [9.17, 15) is 9.59 Å². The summed E-state index contributed by atoms with van der Waals surface area (Å²) in [7, 11) is 1.50. The Morgan fingerprint density at radius 2 is 1.54 bits per heavy atom. The van der Waals surface area contributed by atoms with Crippen LogP contribution in [0.4, 0.5) is 0 Å². The highest BCUT2D eigenvalue weighted by Gasteiger charge is 2.29. The van der Waals surface area contributed by atoms with E-state index in [1.807, 2.05) is 59.5 Å². The van der Waals surface area contributed by atoms with Crippen LogP contribution < -0.4 is 15.8 Å². The second-order valence-corrected chi connectivity index (χ2v) is 15.6. The molecule has 2 saturated carbocycles. The number of nitrogens with two attached hydrogens (primary N) is 1. The highest BCUT2D eigenvalue weighted by atomic mass is 16.5. The van der Waals surface area contributed by atoms with Gasteiger partial charge in [-0.1, -0.05) is 72.3 Å². The fourth-order valence-electron chi connectivity index (χ4n) is 7.95. The van der Waals surface area contributed by atoms with Crippen LogP contribution in [0.2, 0.25) is 0 Å². The minimum absolute atomic E-state index is 0.0784. The molecule has 2 saturated heterocycles. The van der Waals surface area contributed by atoms with E-state index >= 15 is 0 Å². The molecule has 4 fully saturated rings. The summed E-state index contributed by atoms with van der Waals surface area (Å²) in [5, 5.41) is 12.0. The molecule has 9 heteroatoms. The zero-order chi connectivity index (χ0) is 37.0. The van der Waals surface area contributed by atoms with Crippen LogP contribution in [0.15, 0.2) is 54.6 Å². The number of aromatic nitrogens is 2. The van der Waals surface area contributed by atoms with Crippen molar-refractivity contribution in [1.82, 2.24) is 25.3 Å². The summed E-state index contributed by atoms with van der Waals surface area (Å²) in [6.07, 6.45) is 13.8. The van der Waals surface area contributed by atoms with E-state index in [0.717, 1.165) is 67.0 Å². The molecule has 3 N–H and O–H groups in total. The molecule has 3 aromatic rings. The third-order valence-corrected chi connectivity index (χ3v) is 11.1. The normalized spacial score (nSPS) is 20.0. The van der Waals surface area contributed by atoms with Gasteiger partial charge in [-0.25, -0.2) is 0 Å². The van der Waals surface area contributed by atoms with E-state index in [0.29, 0.717) is 41.9 Å². The monoisotopic (exact) mass is 710 g/mol. The number of ether oxygens (including phenoxy) is 1. The van der Waals surface area contributed by atoms with Crippen molar-refractivity contribution in [2.45, 2.75) is 123 Å². The Morgan fingerprint density at radius 1 is 0.865 bits per heavy atom. The SMILES string of the molecule is CC(C)c1ccc(-c2ccc(Oc3cc(C(=O)NC4CCN(C5CCCC5)CC4)ccc3CN3C[C@@H](C)CC3=O)cc2)nn1.CC1CCCC1.CN. The van der Waals surface area contributed by atoms with Crippen LogP contribution in [-0.4, -0.2) is 70.6 Å². The maximum Gasteiger partial charge on any atom is 0.251 e. The lowest BCUT2D eigenvalue weighted by molar-refractivity contribution is -0.128. The first-order valence-electron chi connectivity index (χ1n) is 19.9. The number of carbonyl (C=O) groups is 2. The van der Waals surface area contributed by atoms with E-state index in [1.54, 1.807) is 0 Å². The highest BCUT2D eigenvalue weighted by Crippen LogP contribution is 2.32. The highest BCUT2D eigenvalue weighted by molar-refractivity contribution is 5.95. The molecule has 1 atom stereocenters. The Hall–Kier alpha value is -3.82. The molecule has 0 unspecified atom stereocenters. The van der Waals surface area contributed by atoms with Gasteiger partial charge in [-0.3, -0.25) is 9.59 Å². The number of rotatable bonds is 9. The fourth-order valence-corrected chi connectivity index (χ4v) is 7.95. The first-order chi connectivity index (χ1) is 25.2. The third kappa shape index (κ3) is 10.9. The Labute approximate surface area is 312 Å². The maximum atomic E-state index is 13.4. The minimum atomic E-state index is -0.0784. The first kappa shape index (κ1) is 39.4. The molecule has 0 spiro atoms. The lowest BCUT2D eigenvalue weighted by Crippen LogP contribution is -2.47. The van der Waals surface area contributed by atoms with Crippen LogP contribution in [0.5, 0.6) is 11.5 Å². The number of nitrogens with one attached hydrogen (secondary N) is 1. The molecule has 3 heterocycles. The van der Waals surface area contributed by atoms with Crippen LogP contribution in [0.1, 0.15) is 126 Å². The van der Waals surface area contributed by atoms with Gasteiger partial charge >= 0.3 is 0 Å². The number of hydrogen-bond donors (Lipinski definition) is 2. The quantitative estimate of drug-likeness (QED) is 0.230. The summed E-state index contributed by atoms with van der Waals surface area (Å²) in [4.78, 5) is 30.5. The molecule has 9 nitrogen and oxygen atoms in total. The third-order valence-electron chi connectivity index (χ3n) is 11.1. The molecule has 7 rings (SSSR count). The van der Waals surface area contributed by atoms with E-state index in [2.05, 4.69) is 53.8 Å².